The van der Waals surface area contributed by atoms with E-state index in [1.54, 1.807) is 48.5 Å². The summed E-state index contributed by atoms with van der Waals surface area (Å²) in [6.45, 7) is 5.48. The number of rotatable bonds is 12. The van der Waals surface area contributed by atoms with Crippen molar-refractivity contribution in [1.82, 2.24) is 8.75 Å². The number of benzene rings is 2. The molecule has 0 saturated heterocycles. The highest BCUT2D eigenvalue weighted by Crippen LogP contribution is 2.21. The second-order valence-corrected chi connectivity index (χ2v) is 7.60. The molecule has 6 nitrogen and oxygen atoms in total. The van der Waals surface area contributed by atoms with Crippen LogP contribution < -0.4 is 9.47 Å². The second-order valence-electron chi connectivity index (χ2n) is 7.07. The predicted octanol–water partition coefficient (Wildman–Crippen LogP) is 5.36. The SMILES string of the molecule is CCCCOc1ccc(C(=O)c2nsnc2C(=O)c2ccc(OCCCC)cc2)cc1. The molecule has 0 aliphatic heterocycles. The van der Waals surface area contributed by atoms with Crippen LogP contribution in [0.15, 0.2) is 48.5 Å². The van der Waals surface area contributed by atoms with E-state index in [2.05, 4.69) is 22.6 Å². The summed E-state index contributed by atoms with van der Waals surface area (Å²) in [7, 11) is 0. The molecule has 0 unspecified atom stereocenters. The summed E-state index contributed by atoms with van der Waals surface area (Å²) in [5.74, 6) is 0.742. The quantitative estimate of drug-likeness (QED) is 0.280. The third kappa shape index (κ3) is 5.98. The molecule has 0 N–H and O–H groups in total. The number of hydrogen-bond acceptors (Lipinski definition) is 7. The van der Waals surface area contributed by atoms with Gasteiger partial charge in [-0.1, -0.05) is 26.7 Å². The number of carbonyl (C=O) groups excluding carboxylic acids is 2. The summed E-state index contributed by atoms with van der Waals surface area (Å²) in [6, 6.07) is 13.7. The molecular formula is C24H26N2O4S. The minimum absolute atomic E-state index is 0.0675. The maximum absolute atomic E-state index is 12.9. The molecule has 0 aliphatic carbocycles. The molecule has 0 radical (unpaired) electrons. The van der Waals surface area contributed by atoms with Gasteiger partial charge in [0.2, 0.25) is 11.6 Å². The lowest BCUT2D eigenvalue weighted by Gasteiger charge is -2.07. The van der Waals surface area contributed by atoms with Gasteiger partial charge >= 0.3 is 0 Å². The maximum atomic E-state index is 12.9. The number of carbonyl (C=O) groups is 2. The molecule has 0 aliphatic rings. The predicted molar refractivity (Wildman–Crippen MR) is 120 cm³/mol. The molecule has 31 heavy (non-hydrogen) atoms. The lowest BCUT2D eigenvalue weighted by molar-refractivity contribution is 0.0998. The number of unbranched alkanes of at least 4 members (excludes halogenated alkanes) is 2. The third-order valence-electron chi connectivity index (χ3n) is 4.68. The largest absolute Gasteiger partial charge is 0.494 e. The third-order valence-corrected chi connectivity index (χ3v) is 5.21. The van der Waals surface area contributed by atoms with Crippen LogP contribution in [0.25, 0.3) is 0 Å². The van der Waals surface area contributed by atoms with Crippen molar-refractivity contribution in [1.29, 1.82) is 0 Å². The van der Waals surface area contributed by atoms with Gasteiger partial charge in [-0.25, -0.2) is 0 Å². The van der Waals surface area contributed by atoms with E-state index in [0.29, 0.717) is 35.8 Å². The van der Waals surface area contributed by atoms with Gasteiger partial charge in [0.25, 0.3) is 0 Å². The number of hydrogen-bond donors (Lipinski definition) is 0. The minimum atomic E-state index is -0.336. The molecule has 7 heteroatoms. The van der Waals surface area contributed by atoms with Crippen molar-refractivity contribution in [2.24, 2.45) is 0 Å². The lowest BCUT2D eigenvalue weighted by Crippen LogP contribution is -2.11. The van der Waals surface area contributed by atoms with Crippen molar-refractivity contribution < 1.29 is 19.1 Å². The van der Waals surface area contributed by atoms with E-state index in [-0.39, 0.29) is 23.0 Å². The summed E-state index contributed by atoms with van der Waals surface area (Å²) in [6.07, 6.45) is 4.06. The first-order chi connectivity index (χ1) is 15.1. The smallest absolute Gasteiger partial charge is 0.214 e. The van der Waals surface area contributed by atoms with Gasteiger partial charge in [-0.2, -0.15) is 8.75 Å². The molecule has 1 heterocycles. The van der Waals surface area contributed by atoms with Crippen LogP contribution >= 0.6 is 11.7 Å². The number of aromatic nitrogens is 2. The Labute approximate surface area is 186 Å². The molecular weight excluding hydrogens is 412 g/mol. The Morgan fingerprint density at radius 3 is 1.45 bits per heavy atom. The van der Waals surface area contributed by atoms with Crippen molar-refractivity contribution >= 4 is 23.3 Å². The van der Waals surface area contributed by atoms with Gasteiger partial charge < -0.3 is 9.47 Å². The Kier molecular flexibility index (Phi) is 8.29. The van der Waals surface area contributed by atoms with Crippen LogP contribution in [0.4, 0.5) is 0 Å². The molecule has 3 rings (SSSR count). The van der Waals surface area contributed by atoms with Gasteiger partial charge in [0.1, 0.15) is 11.5 Å². The van der Waals surface area contributed by atoms with E-state index in [9.17, 15) is 9.59 Å². The molecule has 0 bridgehead atoms. The number of ketones is 2. The molecule has 0 atom stereocenters. The molecule has 0 saturated carbocycles. The summed E-state index contributed by atoms with van der Waals surface area (Å²) in [5, 5.41) is 0. The van der Waals surface area contributed by atoms with E-state index in [4.69, 9.17) is 9.47 Å². The van der Waals surface area contributed by atoms with Crippen LogP contribution in [-0.4, -0.2) is 33.5 Å². The van der Waals surface area contributed by atoms with E-state index in [1.165, 1.54) is 0 Å². The van der Waals surface area contributed by atoms with Gasteiger partial charge in [0, 0.05) is 11.1 Å². The summed E-state index contributed by atoms with van der Waals surface area (Å²) in [4.78, 5) is 25.9. The van der Waals surface area contributed by atoms with Crippen LogP contribution in [0, 0.1) is 0 Å². The Hall–Kier alpha value is -3.06. The van der Waals surface area contributed by atoms with Crippen LogP contribution in [0.2, 0.25) is 0 Å². The Morgan fingerprint density at radius 2 is 1.10 bits per heavy atom. The average molecular weight is 439 g/mol. The molecule has 2 aromatic carbocycles. The van der Waals surface area contributed by atoms with E-state index >= 15 is 0 Å². The fourth-order valence-corrected chi connectivity index (χ4v) is 3.38. The summed E-state index contributed by atoms with van der Waals surface area (Å²) >= 11 is 0.855. The molecule has 0 fully saturated rings. The highest BCUT2D eigenvalue weighted by atomic mass is 32.1. The molecule has 0 amide bonds. The van der Waals surface area contributed by atoms with Gasteiger partial charge in [0.15, 0.2) is 11.4 Å². The van der Waals surface area contributed by atoms with Crippen molar-refractivity contribution in [2.45, 2.75) is 39.5 Å². The zero-order valence-electron chi connectivity index (χ0n) is 17.8. The number of nitrogens with zero attached hydrogens (tertiary/aromatic N) is 2. The summed E-state index contributed by atoms with van der Waals surface area (Å²) in [5.41, 5.74) is 1.00. The highest BCUT2D eigenvalue weighted by molar-refractivity contribution is 6.99. The maximum Gasteiger partial charge on any atom is 0.214 e. The molecule has 3 aromatic rings. The fourth-order valence-electron chi connectivity index (χ4n) is 2.83. The van der Waals surface area contributed by atoms with Gasteiger partial charge in [0.05, 0.1) is 24.9 Å². The fraction of sp³-hybridized carbons (Fsp3) is 0.333. The zero-order chi connectivity index (χ0) is 22.1. The Balaban J connectivity index is 1.71. The Bertz CT molecular complexity index is 917. The monoisotopic (exact) mass is 438 g/mol. The standard InChI is InChI=1S/C24H26N2O4S/c1-3-5-15-29-19-11-7-17(8-12-19)23(27)21-22(26-31-25-21)24(28)18-9-13-20(14-10-18)30-16-6-4-2/h7-14H,3-6,15-16H2,1-2H3. The van der Waals surface area contributed by atoms with Crippen LogP contribution in [0.5, 0.6) is 11.5 Å². The van der Waals surface area contributed by atoms with Crippen molar-refractivity contribution in [3.8, 4) is 11.5 Å². The Morgan fingerprint density at radius 1 is 0.710 bits per heavy atom. The second kappa shape index (κ2) is 11.4. The van der Waals surface area contributed by atoms with Crippen LogP contribution in [0.3, 0.4) is 0 Å². The first-order valence-corrected chi connectivity index (χ1v) is 11.2. The van der Waals surface area contributed by atoms with E-state index in [1.807, 2.05) is 0 Å². The normalized spacial score (nSPS) is 10.6. The van der Waals surface area contributed by atoms with Gasteiger partial charge in [-0.05, 0) is 61.4 Å². The number of ether oxygens (including phenoxy) is 2. The van der Waals surface area contributed by atoms with Gasteiger partial charge in [-0.15, -0.1) is 0 Å². The average Bonchev–Trinajstić information content (AvgIpc) is 3.29. The van der Waals surface area contributed by atoms with Crippen molar-refractivity contribution in [3.05, 3.63) is 71.0 Å². The van der Waals surface area contributed by atoms with Gasteiger partial charge in [-0.3, -0.25) is 9.59 Å². The van der Waals surface area contributed by atoms with Crippen molar-refractivity contribution in [2.75, 3.05) is 13.2 Å². The van der Waals surface area contributed by atoms with E-state index in [0.717, 1.165) is 37.4 Å². The molecule has 0 spiro atoms. The zero-order valence-corrected chi connectivity index (χ0v) is 18.6. The van der Waals surface area contributed by atoms with E-state index < -0.39 is 0 Å². The first kappa shape index (κ1) is 22.6. The first-order valence-electron chi connectivity index (χ1n) is 10.5. The van der Waals surface area contributed by atoms with Crippen LogP contribution in [-0.2, 0) is 0 Å². The highest BCUT2D eigenvalue weighted by Gasteiger charge is 2.24. The lowest BCUT2D eigenvalue weighted by atomic mass is 10.0. The van der Waals surface area contributed by atoms with Crippen molar-refractivity contribution in [3.63, 3.8) is 0 Å². The molecule has 162 valence electrons. The van der Waals surface area contributed by atoms with Crippen LogP contribution in [0.1, 0.15) is 71.6 Å². The summed E-state index contributed by atoms with van der Waals surface area (Å²) < 4.78 is 19.4. The minimum Gasteiger partial charge on any atom is -0.494 e. The molecule has 1 aromatic heterocycles. The topological polar surface area (TPSA) is 78.4 Å².